The molecule has 0 bridgehead atoms. The van der Waals surface area contributed by atoms with E-state index in [1.807, 2.05) is 12.1 Å². The van der Waals surface area contributed by atoms with E-state index in [-0.39, 0.29) is 16.1 Å². The number of amides is 1. The van der Waals surface area contributed by atoms with Crippen LogP contribution in [0.25, 0.3) is 0 Å². The average Bonchev–Trinajstić information content (AvgIpc) is 2.49. The Morgan fingerprint density at radius 1 is 1.13 bits per heavy atom. The fourth-order valence-electron chi connectivity index (χ4n) is 1.74. The van der Waals surface area contributed by atoms with Gasteiger partial charge in [-0.15, -0.1) is 11.8 Å². The van der Waals surface area contributed by atoms with Gasteiger partial charge in [0.05, 0.1) is 10.1 Å². The van der Waals surface area contributed by atoms with Gasteiger partial charge < -0.3 is 5.32 Å². The Hall–Kier alpha value is -1.54. The zero-order valence-corrected chi connectivity index (χ0v) is 14.6. The number of thioether (sulfide) groups is 1. The molecular weight excluding hydrogens is 356 g/mol. The number of nitrogens with two attached hydrogens (primary N) is 1. The van der Waals surface area contributed by atoms with Crippen LogP contribution in [0.1, 0.15) is 6.92 Å². The fourth-order valence-corrected chi connectivity index (χ4v) is 3.25. The molecule has 0 unspecified atom stereocenters. The van der Waals surface area contributed by atoms with Gasteiger partial charge in [0.15, 0.2) is 0 Å². The third-order valence-electron chi connectivity index (χ3n) is 2.95. The van der Waals surface area contributed by atoms with E-state index in [9.17, 15) is 13.2 Å². The van der Waals surface area contributed by atoms with Crippen molar-refractivity contribution >= 4 is 45.0 Å². The highest BCUT2D eigenvalue weighted by Gasteiger charge is 2.15. The van der Waals surface area contributed by atoms with Crippen molar-refractivity contribution in [2.45, 2.75) is 22.0 Å². The van der Waals surface area contributed by atoms with Crippen LogP contribution < -0.4 is 10.5 Å². The number of nitrogens with one attached hydrogen (secondary N) is 1. The van der Waals surface area contributed by atoms with Crippen LogP contribution in [0.3, 0.4) is 0 Å². The van der Waals surface area contributed by atoms with Gasteiger partial charge in [0, 0.05) is 15.6 Å². The maximum atomic E-state index is 12.2. The maximum Gasteiger partial charge on any atom is 0.238 e. The fraction of sp³-hybridized carbons (Fsp3) is 0.133. The molecule has 8 heteroatoms. The minimum absolute atomic E-state index is 0.000846. The lowest BCUT2D eigenvalue weighted by atomic mass is 10.3. The van der Waals surface area contributed by atoms with E-state index >= 15 is 0 Å². The molecule has 0 spiro atoms. The molecule has 122 valence electrons. The van der Waals surface area contributed by atoms with E-state index in [0.29, 0.717) is 10.7 Å². The highest BCUT2D eigenvalue weighted by molar-refractivity contribution is 8.00. The Morgan fingerprint density at radius 2 is 1.70 bits per heavy atom. The average molecular weight is 371 g/mol. The highest BCUT2D eigenvalue weighted by Crippen LogP contribution is 2.25. The van der Waals surface area contributed by atoms with E-state index in [1.165, 1.54) is 36.0 Å². The number of hydrogen-bond donors (Lipinski definition) is 2. The first-order chi connectivity index (χ1) is 10.8. The third kappa shape index (κ3) is 5.24. The largest absolute Gasteiger partial charge is 0.325 e. The summed E-state index contributed by atoms with van der Waals surface area (Å²) in [6.45, 7) is 1.79. The first kappa shape index (κ1) is 17.8. The molecule has 0 heterocycles. The summed E-state index contributed by atoms with van der Waals surface area (Å²) in [5.74, 6) is -0.187. The Morgan fingerprint density at radius 3 is 2.22 bits per heavy atom. The molecule has 2 aromatic rings. The molecule has 2 aromatic carbocycles. The predicted octanol–water partition coefficient (Wildman–Crippen LogP) is 3.11. The van der Waals surface area contributed by atoms with Gasteiger partial charge in [0.1, 0.15) is 0 Å². The van der Waals surface area contributed by atoms with Crippen LogP contribution in [0.2, 0.25) is 5.02 Å². The highest BCUT2D eigenvalue weighted by atomic mass is 35.5. The van der Waals surface area contributed by atoms with Gasteiger partial charge in [-0.25, -0.2) is 13.6 Å². The quantitative estimate of drug-likeness (QED) is 0.791. The number of carbonyl (C=O) groups excluding carboxylic acids is 1. The second-order valence-electron chi connectivity index (χ2n) is 4.77. The van der Waals surface area contributed by atoms with Crippen molar-refractivity contribution in [3.8, 4) is 0 Å². The van der Waals surface area contributed by atoms with Crippen molar-refractivity contribution in [3.05, 3.63) is 53.6 Å². The Labute approximate surface area is 144 Å². The zero-order chi connectivity index (χ0) is 17.0. The van der Waals surface area contributed by atoms with Gasteiger partial charge >= 0.3 is 0 Å². The Bertz CT molecular complexity index is 790. The molecule has 0 fully saturated rings. The topological polar surface area (TPSA) is 89.3 Å². The molecule has 5 nitrogen and oxygen atoms in total. The molecule has 0 aliphatic carbocycles. The molecule has 0 radical (unpaired) electrons. The molecule has 1 atom stereocenters. The van der Waals surface area contributed by atoms with Crippen LogP contribution in [0, 0.1) is 0 Å². The van der Waals surface area contributed by atoms with E-state index in [2.05, 4.69) is 5.32 Å². The summed E-state index contributed by atoms with van der Waals surface area (Å²) in [4.78, 5) is 13.1. The van der Waals surface area contributed by atoms with E-state index in [1.54, 1.807) is 19.1 Å². The number of primary sulfonamides is 1. The van der Waals surface area contributed by atoms with Crippen LogP contribution in [-0.4, -0.2) is 19.6 Å². The summed E-state index contributed by atoms with van der Waals surface area (Å²) in [5, 5.41) is 8.07. The van der Waals surface area contributed by atoms with Crippen molar-refractivity contribution < 1.29 is 13.2 Å². The number of carbonyl (C=O) groups is 1. The van der Waals surface area contributed by atoms with Crippen molar-refractivity contribution in [1.29, 1.82) is 0 Å². The summed E-state index contributed by atoms with van der Waals surface area (Å²) < 4.78 is 22.4. The molecule has 0 aliphatic rings. The first-order valence-electron chi connectivity index (χ1n) is 6.61. The van der Waals surface area contributed by atoms with Crippen LogP contribution in [0.4, 0.5) is 5.69 Å². The standard InChI is InChI=1S/C15H15ClN2O3S2/c1-10(22-13-6-2-11(16)3-7-13)15(19)18-12-4-8-14(9-5-12)23(17,20)21/h2-10H,1H3,(H,18,19)(H2,17,20,21)/t10-/m0/s1. The number of halogens is 1. The molecule has 0 saturated heterocycles. The second-order valence-corrected chi connectivity index (χ2v) is 8.18. The monoisotopic (exact) mass is 370 g/mol. The lowest BCUT2D eigenvalue weighted by molar-refractivity contribution is -0.115. The van der Waals surface area contributed by atoms with Gasteiger partial charge in [-0.05, 0) is 55.5 Å². The lowest BCUT2D eigenvalue weighted by Gasteiger charge is -2.12. The molecule has 3 N–H and O–H groups in total. The van der Waals surface area contributed by atoms with Gasteiger partial charge in [-0.1, -0.05) is 11.6 Å². The number of benzene rings is 2. The predicted molar refractivity (Wildman–Crippen MR) is 93.2 cm³/mol. The van der Waals surface area contributed by atoms with Gasteiger partial charge in [0.2, 0.25) is 15.9 Å². The van der Waals surface area contributed by atoms with E-state index < -0.39 is 10.0 Å². The molecule has 2 rings (SSSR count). The minimum Gasteiger partial charge on any atom is -0.325 e. The smallest absolute Gasteiger partial charge is 0.238 e. The Kier molecular flexibility index (Phi) is 5.69. The molecule has 0 aliphatic heterocycles. The van der Waals surface area contributed by atoms with Crippen molar-refractivity contribution in [2.24, 2.45) is 5.14 Å². The van der Waals surface area contributed by atoms with Gasteiger partial charge in [0.25, 0.3) is 0 Å². The maximum absolute atomic E-state index is 12.2. The van der Waals surface area contributed by atoms with Crippen molar-refractivity contribution in [1.82, 2.24) is 0 Å². The zero-order valence-electron chi connectivity index (χ0n) is 12.2. The van der Waals surface area contributed by atoms with Crippen LogP contribution >= 0.6 is 23.4 Å². The third-order valence-corrected chi connectivity index (χ3v) is 5.24. The van der Waals surface area contributed by atoms with E-state index in [4.69, 9.17) is 16.7 Å². The summed E-state index contributed by atoms with van der Waals surface area (Å²) in [6, 6.07) is 12.9. The summed E-state index contributed by atoms with van der Waals surface area (Å²) in [7, 11) is -3.74. The van der Waals surface area contributed by atoms with Crippen molar-refractivity contribution in [3.63, 3.8) is 0 Å². The van der Waals surface area contributed by atoms with E-state index in [0.717, 1.165) is 4.90 Å². The number of rotatable bonds is 5. The summed E-state index contributed by atoms with van der Waals surface area (Å²) >= 11 is 7.22. The molecule has 1 amide bonds. The first-order valence-corrected chi connectivity index (χ1v) is 9.42. The molecule has 0 saturated carbocycles. The van der Waals surface area contributed by atoms with Crippen LogP contribution in [0.5, 0.6) is 0 Å². The Balaban J connectivity index is 1.99. The van der Waals surface area contributed by atoms with Crippen LogP contribution in [-0.2, 0) is 14.8 Å². The number of anilines is 1. The minimum atomic E-state index is -3.74. The SMILES string of the molecule is C[C@H](Sc1ccc(Cl)cc1)C(=O)Nc1ccc(S(N)(=O)=O)cc1. The normalized spacial score (nSPS) is 12.7. The van der Waals surface area contributed by atoms with Crippen molar-refractivity contribution in [2.75, 3.05) is 5.32 Å². The van der Waals surface area contributed by atoms with Crippen LogP contribution in [0.15, 0.2) is 58.3 Å². The summed E-state index contributed by atoms with van der Waals surface area (Å²) in [5.41, 5.74) is 0.506. The number of sulfonamides is 1. The molecule has 0 aromatic heterocycles. The molecule has 23 heavy (non-hydrogen) atoms. The summed E-state index contributed by atoms with van der Waals surface area (Å²) in [6.07, 6.45) is 0. The molecular formula is C15H15ClN2O3S2. The van der Waals surface area contributed by atoms with Gasteiger partial charge in [-0.3, -0.25) is 4.79 Å². The second kappa shape index (κ2) is 7.35. The van der Waals surface area contributed by atoms with Gasteiger partial charge in [-0.2, -0.15) is 0 Å². The lowest BCUT2D eigenvalue weighted by Crippen LogP contribution is -2.22. The number of hydrogen-bond acceptors (Lipinski definition) is 4.